The molecule has 0 radical (unpaired) electrons. The van der Waals surface area contributed by atoms with Gasteiger partial charge in [0.15, 0.2) is 0 Å². The minimum Gasteiger partial charge on any atom is -0.490 e. The number of hydrogen-bond donors (Lipinski definition) is 1. The zero-order chi connectivity index (χ0) is 15.5. The molecule has 120 valence electrons. The number of nitrogens with zero attached hydrogens (tertiary/aromatic N) is 1. The second-order valence-electron chi connectivity index (χ2n) is 6.70. The molecule has 1 saturated heterocycles. The Morgan fingerprint density at radius 1 is 1.27 bits per heavy atom. The van der Waals surface area contributed by atoms with E-state index in [2.05, 4.69) is 18.0 Å². The molecule has 4 heteroatoms. The van der Waals surface area contributed by atoms with Gasteiger partial charge in [-0.3, -0.25) is 4.79 Å². The predicted octanol–water partition coefficient (Wildman–Crippen LogP) is 3.13. The maximum absolute atomic E-state index is 11.2. The van der Waals surface area contributed by atoms with E-state index in [1.807, 2.05) is 18.2 Å². The van der Waals surface area contributed by atoms with Crippen molar-refractivity contribution in [2.75, 3.05) is 20.1 Å². The third-order valence-electron chi connectivity index (χ3n) is 4.86. The molecule has 4 nitrogen and oxygen atoms in total. The predicted molar refractivity (Wildman–Crippen MR) is 85.3 cm³/mol. The molecule has 1 aliphatic carbocycles. The van der Waals surface area contributed by atoms with Crippen LogP contribution in [-0.2, 0) is 4.79 Å². The Morgan fingerprint density at radius 3 is 2.59 bits per heavy atom. The fraction of sp³-hybridized carbons (Fsp3) is 0.611. The van der Waals surface area contributed by atoms with Crippen LogP contribution in [0.15, 0.2) is 24.3 Å². The molecule has 1 aromatic carbocycles. The van der Waals surface area contributed by atoms with Gasteiger partial charge < -0.3 is 14.7 Å². The van der Waals surface area contributed by atoms with Gasteiger partial charge in [0.25, 0.3) is 0 Å². The molecule has 2 fully saturated rings. The molecule has 1 aliphatic heterocycles. The standard InChI is InChI=1S/C18H25NO3/c1-19-10-8-14(9-11-19)22-17-5-3-2-4-15(17)16(12-18(20)21)13-6-7-13/h2-5,13-14,16H,6-12H2,1H3,(H,20,21). The third kappa shape index (κ3) is 3.80. The van der Waals surface area contributed by atoms with Gasteiger partial charge in [-0.25, -0.2) is 0 Å². The van der Waals surface area contributed by atoms with E-state index in [4.69, 9.17) is 4.74 Å². The van der Waals surface area contributed by atoms with Crippen LogP contribution in [0.2, 0.25) is 0 Å². The first kappa shape index (κ1) is 15.3. The second kappa shape index (κ2) is 6.69. The summed E-state index contributed by atoms with van der Waals surface area (Å²) in [5, 5.41) is 9.22. The van der Waals surface area contributed by atoms with Gasteiger partial charge in [0.1, 0.15) is 11.9 Å². The molecule has 1 N–H and O–H groups in total. The number of piperidine rings is 1. The van der Waals surface area contributed by atoms with E-state index in [1.54, 1.807) is 0 Å². The van der Waals surface area contributed by atoms with Crippen molar-refractivity contribution in [3.05, 3.63) is 29.8 Å². The molecular weight excluding hydrogens is 278 g/mol. The summed E-state index contributed by atoms with van der Waals surface area (Å²) < 4.78 is 6.26. The van der Waals surface area contributed by atoms with Crippen LogP contribution in [0, 0.1) is 5.92 Å². The maximum Gasteiger partial charge on any atom is 0.303 e. The lowest BCUT2D eigenvalue weighted by Crippen LogP contribution is -2.35. The van der Waals surface area contributed by atoms with Crippen LogP contribution in [0.5, 0.6) is 5.75 Å². The number of aliphatic carboxylic acids is 1. The van der Waals surface area contributed by atoms with Crippen LogP contribution < -0.4 is 4.74 Å². The number of carboxylic acid groups (broad SMARTS) is 1. The first-order chi connectivity index (χ1) is 10.6. The molecule has 3 rings (SSSR count). The fourth-order valence-corrected chi connectivity index (χ4v) is 3.39. The van der Waals surface area contributed by atoms with Crippen molar-refractivity contribution in [1.82, 2.24) is 4.90 Å². The van der Waals surface area contributed by atoms with Crippen LogP contribution in [0.3, 0.4) is 0 Å². The average Bonchev–Trinajstić information content (AvgIpc) is 3.32. The van der Waals surface area contributed by atoms with Crippen molar-refractivity contribution in [3.8, 4) is 5.75 Å². The van der Waals surface area contributed by atoms with Gasteiger partial charge in [-0.2, -0.15) is 0 Å². The van der Waals surface area contributed by atoms with Crippen molar-refractivity contribution in [3.63, 3.8) is 0 Å². The Kier molecular flexibility index (Phi) is 4.67. The van der Waals surface area contributed by atoms with Crippen LogP contribution >= 0.6 is 0 Å². The monoisotopic (exact) mass is 303 g/mol. The molecule has 1 heterocycles. The van der Waals surface area contributed by atoms with Crippen LogP contribution in [0.25, 0.3) is 0 Å². The highest BCUT2D eigenvalue weighted by Gasteiger charge is 2.35. The molecular formula is C18H25NO3. The van der Waals surface area contributed by atoms with E-state index in [0.717, 1.165) is 50.1 Å². The van der Waals surface area contributed by atoms with Gasteiger partial charge in [-0.05, 0) is 50.3 Å². The number of carbonyl (C=O) groups is 1. The van der Waals surface area contributed by atoms with Crippen molar-refractivity contribution in [2.45, 2.75) is 44.1 Å². The summed E-state index contributed by atoms with van der Waals surface area (Å²) in [7, 11) is 2.14. The molecule has 1 atom stereocenters. The Labute approximate surface area is 132 Å². The Hall–Kier alpha value is -1.55. The van der Waals surface area contributed by atoms with Crippen molar-refractivity contribution >= 4 is 5.97 Å². The number of carboxylic acids is 1. The van der Waals surface area contributed by atoms with Crippen molar-refractivity contribution < 1.29 is 14.6 Å². The normalized spacial score (nSPS) is 21.5. The Balaban J connectivity index is 1.75. The van der Waals surface area contributed by atoms with Crippen LogP contribution in [0.1, 0.15) is 43.6 Å². The molecule has 0 spiro atoms. The lowest BCUT2D eigenvalue weighted by molar-refractivity contribution is -0.137. The van der Waals surface area contributed by atoms with E-state index < -0.39 is 5.97 Å². The lowest BCUT2D eigenvalue weighted by Gasteiger charge is -2.30. The zero-order valence-electron chi connectivity index (χ0n) is 13.2. The summed E-state index contributed by atoms with van der Waals surface area (Å²) in [5.41, 5.74) is 1.09. The summed E-state index contributed by atoms with van der Waals surface area (Å²) in [6.45, 7) is 2.13. The summed E-state index contributed by atoms with van der Waals surface area (Å²) in [6, 6.07) is 8.04. The molecule has 1 unspecified atom stereocenters. The summed E-state index contributed by atoms with van der Waals surface area (Å²) in [6.07, 6.45) is 4.82. The van der Waals surface area contributed by atoms with Crippen molar-refractivity contribution in [2.24, 2.45) is 5.92 Å². The van der Waals surface area contributed by atoms with Crippen LogP contribution in [-0.4, -0.2) is 42.2 Å². The molecule has 2 aliphatic rings. The lowest BCUT2D eigenvalue weighted by atomic mass is 9.90. The van der Waals surface area contributed by atoms with Gasteiger partial charge in [0, 0.05) is 19.0 Å². The molecule has 22 heavy (non-hydrogen) atoms. The number of benzene rings is 1. The maximum atomic E-state index is 11.2. The minimum absolute atomic E-state index is 0.0972. The molecule has 0 aromatic heterocycles. The van der Waals surface area contributed by atoms with Gasteiger partial charge >= 0.3 is 5.97 Å². The highest BCUT2D eigenvalue weighted by molar-refractivity contribution is 5.68. The highest BCUT2D eigenvalue weighted by atomic mass is 16.5. The number of hydrogen-bond acceptors (Lipinski definition) is 3. The first-order valence-electron chi connectivity index (χ1n) is 8.29. The smallest absolute Gasteiger partial charge is 0.303 e. The van der Waals surface area contributed by atoms with Gasteiger partial charge in [0.05, 0.1) is 6.42 Å². The molecule has 0 bridgehead atoms. The minimum atomic E-state index is -0.717. The molecule has 0 amide bonds. The molecule has 1 aromatic rings. The Morgan fingerprint density at radius 2 is 1.95 bits per heavy atom. The fourth-order valence-electron chi connectivity index (χ4n) is 3.39. The van der Waals surface area contributed by atoms with Gasteiger partial charge in [-0.1, -0.05) is 18.2 Å². The number of likely N-dealkylation sites (tertiary alicyclic amines) is 1. The van der Waals surface area contributed by atoms with Crippen LogP contribution in [0.4, 0.5) is 0 Å². The molecule has 1 saturated carbocycles. The largest absolute Gasteiger partial charge is 0.490 e. The van der Waals surface area contributed by atoms with E-state index in [1.165, 1.54) is 0 Å². The summed E-state index contributed by atoms with van der Waals surface area (Å²) >= 11 is 0. The topological polar surface area (TPSA) is 49.8 Å². The SMILES string of the molecule is CN1CCC(Oc2ccccc2C(CC(=O)O)C2CC2)CC1. The first-order valence-corrected chi connectivity index (χ1v) is 8.29. The van der Waals surface area contributed by atoms with E-state index in [0.29, 0.717) is 5.92 Å². The number of rotatable bonds is 6. The van der Waals surface area contributed by atoms with Gasteiger partial charge in [-0.15, -0.1) is 0 Å². The Bertz CT molecular complexity index is 519. The zero-order valence-corrected chi connectivity index (χ0v) is 13.2. The summed E-state index contributed by atoms with van der Waals surface area (Å²) in [5.74, 6) is 0.791. The van der Waals surface area contributed by atoms with E-state index >= 15 is 0 Å². The van der Waals surface area contributed by atoms with E-state index in [-0.39, 0.29) is 18.4 Å². The second-order valence-corrected chi connectivity index (χ2v) is 6.70. The van der Waals surface area contributed by atoms with Gasteiger partial charge in [0.2, 0.25) is 0 Å². The average molecular weight is 303 g/mol. The number of ether oxygens (including phenoxy) is 1. The van der Waals surface area contributed by atoms with E-state index in [9.17, 15) is 9.90 Å². The summed E-state index contributed by atoms with van der Waals surface area (Å²) in [4.78, 5) is 13.5. The highest BCUT2D eigenvalue weighted by Crippen LogP contribution is 2.47. The third-order valence-corrected chi connectivity index (χ3v) is 4.86. The quantitative estimate of drug-likeness (QED) is 0.877. The number of para-hydroxylation sites is 1. The van der Waals surface area contributed by atoms with Crippen molar-refractivity contribution in [1.29, 1.82) is 0 Å².